The summed E-state index contributed by atoms with van der Waals surface area (Å²) >= 11 is 0. The van der Waals surface area contributed by atoms with Gasteiger partial charge in [-0.1, -0.05) is 31.2 Å². The van der Waals surface area contributed by atoms with Crippen molar-refractivity contribution >= 4 is 0 Å². The summed E-state index contributed by atoms with van der Waals surface area (Å²) in [6, 6.07) is 0.625. The van der Waals surface area contributed by atoms with E-state index >= 15 is 0 Å². The average molecular weight is 135 g/mol. The molecule has 1 aliphatic carbocycles. The van der Waals surface area contributed by atoms with Crippen LogP contribution < -0.4 is 5.32 Å². The number of fused-ring (bicyclic) bond motifs is 1. The molecule has 10 heavy (non-hydrogen) atoms. The number of hydrogen-bond donors (Lipinski definition) is 1. The molecule has 1 aliphatic heterocycles. The summed E-state index contributed by atoms with van der Waals surface area (Å²) in [5.41, 5.74) is 0. The molecule has 1 fully saturated rings. The largest absolute Gasteiger partial charge is 0.310 e. The van der Waals surface area contributed by atoms with Crippen molar-refractivity contribution in [2.24, 2.45) is 11.8 Å². The molecule has 0 aromatic rings. The first-order valence-corrected chi connectivity index (χ1v) is 3.96. The highest BCUT2D eigenvalue weighted by Crippen LogP contribution is 2.26. The Morgan fingerprint density at radius 2 is 2.10 bits per heavy atom. The Bertz CT molecular complexity index is 181. The van der Waals surface area contributed by atoms with Gasteiger partial charge in [0.25, 0.3) is 0 Å². The number of allylic oxidation sites excluding steroid dienone is 2. The molecule has 0 saturated carbocycles. The van der Waals surface area contributed by atoms with Gasteiger partial charge in [0.15, 0.2) is 0 Å². The first kappa shape index (κ1) is 6.17. The molecule has 1 saturated heterocycles. The zero-order valence-electron chi connectivity index (χ0n) is 6.25. The Balaban J connectivity index is 2.19. The molecule has 3 atom stereocenters. The molecule has 0 aromatic heterocycles. The summed E-state index contributed by atoms with van der Waals surface area (Å²) in [7, 11) is 0. The van der Waals surface area contributed by atoms with E-state index in [1.165, 1.54) is 6.54 Å². The fourth-order valence-electron chi connectivity index (χ4n) is 1.83. The van der Waals surface area contributed by atoms with Crippen LogP contribution in [0.5, 0.6) is 0 Å². The van der Waals surface area contributed by atoms with Gasteiger partial charge < -0.3 is 5.32 Å². The van der Waals surface area contributed by atoms with Gasteiger partial charge in [-0.2, -0.15) is 0 Å². The number of nitrogens with one attached hydrogen (secondary N) is 1. The third-order valence-corrected chi connectivity index (χ3v) is 2.51. The van der Waals surface area contributed by atoms with Gasteiger partial charge in [-0.05, 0) is 18.4 Å². The average Bonchev–Trinajstić information content (AvgIpc) is 2.34. The van der Waals surface area contributed by atoms with E-state index < -0.39 is 0 Å². The van der Waals surface area contributed by atoms with Crippen LogP contribution >= 0.6 is 0 Å². The smallest absolute Gasteiger partial charge is 0.0319 e. The summed E-state index contributed by atoms with van der Waals surface area (Å²) in [5, 5.41) is 3.47. The minimum Gasteiger partial charge on any atom is -0.310 e. The minimum atomic E-state index is 0.625. The lowest BCUT2D eigenvalue weighted by atomic mass is 9.89. The lowest BCUT2D eigenvalue weighted by Gasteiger charge is -2.17. The molecule has 1 N–H and O–H groups in total. The highest BCUT2D eigenvalue weighted by Gasteiger charge is 2.29. The van der Waals surface area contributed by atoms with Gasteiger partial charge in [0.2, 0.25) is 0 Å². The molecule has 0 amide bonds. The second kappa shape index (κ2) is 2.24. The molecule has 1 heterocycles. The lowest BCUT2D eigenvalue weighted by Crippen LogP contribution is -2.24. The molecule has 0 radical (unpaired) electrons. The number of rotatable bonds is 0. The van der Waals surface area contributed by atoms with Crippen LogP contribution in [0.25, 0.3) is 0 Å². The molecule has 0 spiro atoms. The fraction of sp³-hybridized carbons (Fsp3) is 0.556. The van der Waals surface area contributed by atoms with Gasteiger partial charge in [0.05, 0.1) is 0 Å². The van der Waals surface area contributed by atoms with Crippen molar-refractivity contribution in [1.29, 1.82) is 0 Å². The molecule has 0 aromatic carbocycles. The van der Waals surface area contributed by atoms with E-state index in [9.17, 15) is 0 Å². The molecule has 3 unspecified atom stereocenters. The third kappa shape index (κ3) is 0.816. The first-order valence-electron chi connectivity index (χ1n) is 3.96. The van der Waals surface area contributed by atoms with Crippen LogP contribution in [0, 0.1) is 11.8 Å². The summed E-state index contributed by atoms with van der Waals surface area (Å²) in [4.78, 5) is 0. The van der Waals surface area contributed by atoms with Crippen LogP contribution in [-0.4, -0.2) is 12.6 Å². The highest BCUT2D eigenvalue weighted by molar-refractivity contribution is 5.20. The zero-order chi connectivity index (χ0) is 6.97. The van der Waals surface area contributed by atoms with E-state index in [1.54, 1.807) is 0 Å². The molecule has 1 nitrogen and oxygen atoms in total. The predicted octanol–water partition coefficient (Wildman–Crippen LogP) is 1.34. The van der Waals surface area contributed by atoms with Gasteiger partial charge in [-0.25, -0.2) is 0 Å². The van der Waals surface area contributed by atoms with Crippen molar-refractivity contribution in [3.8, 4) is 0 Å². The first-order chi connectivity index (χ1) is 4.88. The van der Waals surface area contributed by atoms with Crippen LogP contribution in [0.1, 0.15) is 6.92 Å². The van der Waals surface area contributed by atoms with Crippen molar-refractivity contribution in [1.82, 2.24) is 5.32 Å². The molecule has 54 valence electrons. The monoisotopic (exact) mass is 135 g/mol. The van der Waals surface area contributed by atoms with E-state index in [0.29, 0.717) is 6.04 Å². The second-order valence-electron chi connectivity index (χ2n) is 3.26. The van der Waals surface area contributed by atoms with Crippen molar-refractivity contribution in [2.45, 2.75) is 13.0 Å². The van der Waals surface area contributed by atoms with Gasteiger partial charge in [-0.3, -0.25) is 0 Å². The SMILES string of the molecule is CC1CNC2C=CC=CC12. The maximum absolute atomic E-state index is 3.47. The topological polar surface area (TPSA) is 12.0 Å². The lowest BCUT2D eigenvalue weighted by molar-refractivity contribution is 0.505. The quantitative estimate of drug-likeness (QED) is 0.528. The Morgan fingerprint density at radius 3 is 2.90 bits per heavy atom. The van der Waals surface area contributed by atoms with Gasteiger partial charge in [0, 0.05) is 6.04 Å². The van der Waals surface area contributed by atoms with E-state index in [1.807, 2.05) is 0 Å². The molecular weight excluding hydrogens is 122 g/mol. The standard InChI is InChI=1S/C9H13N/c1-7-6-10-9-5-3-2-4-8(7)9/h2-5,7-10H,6H2,1H3. The van der Waals surface area contributed by atoms with Crippen LogP contribution in [0.2, 0.25) is 0 Å². The zero-order valence-corrected chi connectivity index (χ0v) is 6.25. The molecule has 0 bridgehead atoms. The van der Waals surface area contributed by atoms with E-state index in [0.717, 1.165) is 11.8 Å². The van der Waals surface area contributed by atoms with Crippen molar-refractivity contribution in [2.75, 3.05) is 6.54 Å². The Hall–Kier alpha value is -0.560. The molecule has 1 heteroatoms. The van der Waals surface area contributed by atoms with Gasteiger partial charge >= 0.3 is 0 Å². The van der Waals surface area contributed by atoms with Crippen LogP contribution in [0.15, 0.2) is 24.3 Å². The molecule has 2 rings (SSSR count). The maximum atomic E-state index is 3.47. The van der Waals surface area contributed by atoms with Crippen LogP contribution in [0.4, 0.5) is 0 Å². The Kier molecular flexibility index (Phi) is 1.38. The van der Waals surface area contributed by atoms with Gasteiger partial charge in [-0.15, -0.1) is 0 Å². The van der Waals surface area contributed by atoms with Crippen molar-refractivity contribution in [3.63, 3.8) is 0 Å². The Labute approximate surface area is 61.8 Å². The summed E-state index contributed by atoms with van der Waals surface area (Å²) in [6.45, 7) is 3.48. The van der Waals surface area contributed by atoms with Crippen molar-refractivity contribution < 1.29 is 0 Å². The highest BCUT2D eigenvalue weighted by atomic mass is 15.0. The van der Waals surface area contributed by atoms with Gasteiger partial charge in [0.1, 0.15) is 0 Å². The van der Waals surface area contributed by atoms with Crippen LogP contribution in [0.3, 0.4) is 0 Å². The van der Waals surface area contributed by atoms with Crippen molar-refractivity contribution in [3.05, 3.63) is 24.3 Å². The van der Waals surface area contributed by atoms with E-state index in [2.05, 4.69) is 36.5 Å². The van der Waals surface area contributed by atoms with Crippen LogP contribution in [-0.2, 0) is 0 Å². The normalized spacial score (nSPS) is 43.9. The number of hydrogen-bond acceptors (Lipinski definition) is 1. The minimum absolute atomic E-state index is 0.625. The summed E-state index contributed by atoms with van der Waals surface area (Å²) in [6.07, 6.45) is 8.86. The summed E-state index contributed by atoms with van der Waals surface area (Å²) < 4.78 is 0. The molecular formula is C9H13N. The third-order valence-electron chi connectivity index (χ3n) is 2.51. The maximum Gasteiger partial charge on any atom is 0.0319 e. The predicted molar refractivity (Wildman–Crippen MR) is 42.7 cm³/mol. The fourth-order valence-corrected chi connectivity index (χ4v) is 1.83. The second-order valence-corrected chi connectivity index (χ2v) is 3.26. The molecule has 2 aliphatic rings. The Morgan fingerprint density at radius 1 is 1.30 bits per heavy atom. The summed E-state index contributed by atoms with van der Waals surface area (Å²) in [5.74, 6) is 1.57. The van der Waals surface area contributed by atoms with E-state index in [4.69, 9.17) is 0 Å². The van der Waals surface area contributed by atoms with E-state index in [-0.39, 0.29) is 0 Å².